The molecule has 1 aromatic carbocycles. The lowest BCUT2D eigenvalue weighted by Gasteiger charge is -1.97. The van der Waals surface area contributed by atoms with Crippen LogP contribution in [0.5, 0.6) is 5.75 Å². The number of carboxylic acid groups (broad SMARTS) is 1. The Bertz CT molecular complexity index is 904. The summed E-state index contributed by atoms with van der Waals surface area (Å²) in [5.41, 5.74) is -0.0822. The molecule has 0 spiro atoms. The minimum absolute atomic E-state index is 0.0492. The number of hydrogen-bond acceptors (Lipinski definition) is 5. The van der Waals surface area contributed by atoms with Crippen molar-refractivity contribution in [1.29, 1.82) is 0 Å². The first-order chi connectivity index (χ1) is 10.6. The minimum atomic E-state index is -1.31. The molecule has 2 heterocycles. The van der Waals surface area contributed by atoms with Gasteiger partial charge in [0.15, 0.2) is 22.9 Å². The molecular formula is C14H9FN4O3. The van der Waals surface area contributed by atoms with E-state index in [1.165, 1.54) is 40.9 Å². The summed E-state index contributed by atoms with van der Waals surface area (Å²) < 4.78 is 14.4. The fourth-order valence-corrected chi connectivity index (χ4v) is 1.92. The van der Waals surface area contributed by atoms with Gasteiger partial charge in [-0.2, -0.15) is 0 Å². The number of hydrogen-bond donors (Lipinski definition) is 2. The van der Waals surface area contributed by atoms with Crippen LogP contribution in [0.2, 0.25) is 0 Å². The molecule has 22 heavy (non-hydrogen) atoms. The predicted molar refractivity (Wildman–Crippen MR) is 74.4 cm³/mol. The third-order valence-electron chi connectivity index (χ3n) is 2.88. The number of pyridine rings is 1. The number of carbonyl (C=O) groups is 1. The monoisotopic (exact) mass is 300 g/mol. The molecular weight excluding hydrogens is 291 g/mol. The summed E-state index contributed by atoms with van der Waals surface area (Å²) in [6.07, 6.45) is 1.49. The molecule has 2 N–H and O–H groups in total. The quantitative estimate of drug-likeness (QED) is 0.725. The third kappa shape index (κ3) is 2.37. The van der Waals surface area contributed by atoms with Crippen LogP contribution in [0, 0.1) is 5.82 Å². The number of imidazole rings is 1. The van der Waals surface area contributed by atoms with Crippen molar-refractivity contribution in [3.05, 3.63) is 54.1 Å². The van der Waals surface area contributed by atoms with Crippen LogP contribution in [-0.2, 0) is 0 Å². The highest BCUT2D eigenvalue weighted by Crippen LogP contribution is 2.28. The molecule has 2 aromatic heterocycles. The number of aromatic nitrogens is 2. The largest absolute Gasteiger partial charge is 0.504 e. The number of halogens is 1. The summed E-state index contributed by atoms with van der Waals surface area (Å²) in [6, 6.07) is 8.28. The number of benzene rings is 1. The number of aromatic hydroxyl groups is 1. The third-order valence-corrected chi connectivity index (χ3v) is 2.88. The van der Waals surface area contributed by atoms with Gasteiger partial charge in [0.05, 0.1) is 5.69 Å². The zero-order valence-corrected chi connectivity index (χ0v) is 11.0. The summed E-state index contributed by atoms with van der Waals surface area (Å²) in [7, 11) is 0. The molecule has 0 aliphatic rings. The van der Waals surface area contributed by atoms with E-state index in [1.807, 2.05) is 0 Å². The van der Waals surface area contributed by atoms with Crippen molar-refractivity contribution in [2.45, 2.75) is 0 Å². The van der Waals surface area contributed by atoms with Crippen LogP contribution in [-0.4, -0.2) is 25.6 Å². The number of fused-ring (bicyclic) bond motifs is 1. The first kappa shape index (κ1) is 13.7. The van der Waals surface area contributed by atoms with Gasteiger partial charge in [-0.3, -0.25) is 4.40 Å². The molecule has 0 saturated heterocycles. The number of nitrogens with zero attached hydrogens (tertiary/aromatic N) is 4. The SMILES string of the molecule is O=C(O)c1nc2c(O)cccn2c1N=Nc1cccc(F)c1. The van der Waals surface area contributed by atoms with Crippen LogP contribution in [0.15, 0.2) is 52.8 Å². The smallest absolute Gasteiger partial charge is 0.358 e. The van der Waals surface area contributed by atoms with Gasteiger partial charge in [0.1, 0.15) is 5.82 Å². The van der Waals surface area contributed by atoms with Crippen LogP contribution in [0.4, 0.5) is 15.9 Å². The van der Waals surface area contributed by atoms with E-state index in [0.29, 0.717) is 0 Å². The van der Waals surface area contributed by atoms with Crippen molar-refractivity contribution in [3.63, 3.8) is 0 Å². The zero-order valence-electron chi connectivity index (χ0n) is 11.0. The molecule has 3 aromatic rings. The van der Waals surface area contributed by atoms with Gasteiger partial charge < -0.3 is 10.2 Å². The average molecular weight is 300 g/mol. The highest BCUT2D eigenvalue weighted by molar-refractivity contribution is 5.92. The maximum absolute atomic E-state index is 13.1. The lowest BCUT2D eigenvalue weighted by atomic mass is 10.3. The fraction of sp³-hybridized carbons (Fsp3) is 0. The van der Waals surface area contributed by atoms with Crippen LogP contribution >= 0.6 is 0 Å². The van der Waals surface area contributed by atoms with E-state index in [-0.39, 0.29) is 28.6 Å². The van der Waals surface area contributed by atoms with E-state index in [0.717, 1.165) is 6.07 Å². The predicted octanol–water partition coefficient (Wildman–Crippen LogP) is 3.29. The first-order valence-corrected chi connectivity index (χ1v) is 6.17. The average Bonchev–Trinajstić information content (AvgIpc) is 2.86. The van der Waals surface area contributed by atoms with E-state index >= 15 is 0 Å². The lowest BCUT2D eigenvalue weighted by Crippen LogP contribution is -1.96. The second-order valence-corrected chi connectivity index (χ2v) is 4.36. The van der Waals surface area contributed by atoms with Crippen molar-refractivity contribution in [3.8, 4) is 5.75 Å². The molecule has 0 aliphatic heterocycles. The van der Waals surface area contributed by atoms with Crippen molar-refractivity contribution in [2.24, 2.45) is 10.2 Å². The van der Waals surface area contributed by atoms with Gasteiger partial charge in [-0.25, -0.2) is 14.2 Å². The van der Waals surface area contributed by atoms with Gasteiger partial charge in [-0.1, -0.05) is 6.07 Å². The molecule has 0 amide bonds. The van der Waals surface area contributed by atoms with Crippen molar-refractivity contribution in [2.75, 3.05) is 0 Å². The maximum atomic E-state index is 13.1. The Morgan fingerprint density at radius 3 is 2.77 bits per heavy atom. The van der Waals surface area contributed by atoms with Crippen molar-refractivity contribution < 1.29 is 19.4 Å². The molecule has 0 bridgehead atoms. The molecule has 0 unspecified atom stereocenters. The lowest BCUT2D eigenvalue weighted by molar-refractivity contribution is 0.0692. The molecule has 0 saturated carbocycles. The van der Waals surface area contributed by atoms with E-state index in [2.05, 4.69) is 15.2 Å². The minimum Gasteiger partial charge on any atom is -0.504 e. The Kier molecular flexibility index (Phi) is 3.26. The Hall–Kier alpha value is -3.29. The van der Waals surface area contributed by atoms with Crippen LogP contribution in [0.3, 0.4) is 0 Å². The van der Waals surface area contributed by atoms with Gasteiger partial charge >= 0.3 is 5.97 Å². The molecule has 3 rings (SSSR count). The Balaban J connectivity index is 2.15. The molecule has 8 heteroatoms. The van der Waals surface area contributed by atoms with Gasteiger partial charge in [0, 0.05) is 12.3 Å². The first-order valence-electron chi connectivity index (χ1n) is 6.17. The molecule has 0 radical (unpaired) electrons. The van der Waals surface area contributed by atoms with Crippen LogP contribution in [0.1, 0.15) is 10.5 Å². The summed E-state index contributed by atoms with van der Waals surface area (Å²) in [5.74, 6) is -2.04. The second-order valence-electron chi connectivity index (χ2n) is 4.36. The molecule has 0 fully saturated rings. The number of rotatable bonds is 3. The van der Waals surface area contributed by atoms with Gasteiger partial charge in [0.25, 0.3) is 0 Å². The number of carboxylic acids is 1. The summed E-state index contributed by atoms with van der Waals surface area (Å²) in [4.78, 5) is 15.1. The van der Waals surface area contributed by atoms with Gasteiger partial charge in [-0.15, -0.1) is 10.2 Å². The van der Waals surface area contributed by atoms with Crippen LogP contribution in [0.25, 0.3) is 5.65 Å². The Morgan fingerprint density at radius 2 is 2.05 bits per heavy atom. The molecule has 7 nitrogen and oxygen atoms in total. The number of azo groups is 1. The Morgan fingerprint density at radius 1 is 1.23 bits per heavy atom. The topological polar surface area (TPSA) is 99.5 Å². The zero-order chi connectivity index (χ0) is 15.7. The van der Waals surface area contributed by atoms with Gasteiger partial charge in [0.2, 0.25) is 0 Å². The number of aromatic carboxylic acids is 1. The highest BCUT2D eigenvalue weighted by Gasteiger charge is 2.19. The molecule has 0 atom stereocenters. The fourth-order valence-electron chi connectivity index (χ4n) is 1.92. The summed E-state index contributed by atoms with van der Waals surface area (Å²) in [6.45, 7) is 0. The normalized spacial score (nSPS) is 11.3. The van der Waals surface area contributed by atoms with E-state index in [4.69, 9.17) is 0 Å². The summed E-state index contributed by atoms with van der Waals surface area (Å²) >= 11 is 0. The van der Waals surface area contributed by atoms with E-state index in [1.54, 1.807) is 0 Å². The Labute approximate surface area is 123 Å². The summed E-state index contributed by atoms with van der Waals surface area (Å²) in [5, 5.41) is 26.5. The van der Waals surface area contributed by atoms with Crippen molar-refractivity contribution >= 4 is 23.1 Å². The molecule has 110 valence electrons. The highest BCUT2D eigenvalue weighted by atomic mass is 19.1. The standard InChI is InChI=1S/C14H9FN4O3/c15-8-3-1-4-9(7-8)17-18-13-11(14(21)22)16-12-10(20)5-2-6-19(12)13/h1-7,20H,(H,21,22). The molecule has 0 aliphatic carbocycles. The van der Waals surface area contributed by atoms with E-state index in [9.17, 15) is 19.4 Å². The second kappa shape index (κ2) is 5.24. The van der Waals surface area contributed by atoms with Crippen LogP contribution < -0.4 is 0 Å². The van der Waals surface area contributed by atoms with E-state index < -0.39 is 11.8 Å². The maximum Gasteiger partial charge on any atom is 0.358 e. The van der Waals surface area contributed by atoms with Gasteiger partial charge in [-0.05, 0) is 24.3 Å². The van der Waals surface area contributed by atoms with Crippen molar-refractivity contribution in [1.82, 2.24) is 9.38 Å².